The Labute approximate surface area is 171 Å². The minimum Gasteiger partial charge on any atom is -0.481 e. The molecule has 0 atom stereocenters. The summed E-state index contributed by atoms with van der Waals surface area (Å²) in [5.41, 5.74) is 1.62. The summed E-state index contributed by atoms with van der Waals surface area (Å²) in [6.07, 6.45) is 0.393. The highest BCUT2D eigenvalue weighted by Gasteiger charge is 2.29. The summed E-state index contributed by atoms with van der Waals surface area (Å²) in [6, 6.07) is 6.26. The first-order chi connectivity index (χ1) is 14.3. The highest BCUT2D eigenvalue weighted by atomic mass is 19.4. The molecule has 2 heterocycles. The lowest BCUT2D eigenvalue weighted by molar-refractivity contribution is -0.137. The molecule has 158 valence electrons. The van der Waals surface area contributed by atoms with Gasteiger partial charge in [0.2, 0.25) is 17.7 Å². The lowest BCUT2D eigenvalue weighted by Crippen LogP contribution is -2.42. The summed E-state index contributed by atoms with van der Waals surface area (Å²) in [7, 11) is 1.55. The van der Waals surface area contributed by atoms with Crippen molar-refractivity contribution >= 4 is 17.9 Å². The minimum absolute atomic E-state index is 0.173. The standard InChI is InChI=1S/C21H20F3N3O3/c1-30-20-17-9-11-27(13-15(17)8-10-25-20)19(29)12-26-18(28)7-4-14-2-5-16(6-3-14)21(22,23)24/h2-8,10H,9,11-13H2,1H3,(H,26,28)/b7-4+. The number of halogens is 3. The highest BCUT2D eigenvalue weighted by molar-refractivity contribution is 5.94. The number of ether oxygens (including phenoxy) is 1. The Bertz CT molecular complexity index is 956. The summed E-state index contributed by atoms with van der Waals surface area (Å²) in [5, 5.41) is 2.50. The second-order valence-electron chi connectivity index (χ2n) is 6.69. The Hall–Kier alpha value is -3.36. The van der Waals surface area contributed by atoms with Crippen molar-refractivity contribution in [2.24, 2.45) is 0 Å². The first kappa shape index (κ1) is 21.4. The van der Waals surface area contributed by atoms with E-state index in [1.54, 1.807) is 18.2 Å². The van der Waals surface area contributed by atoms with Crippen LogP contribution in [0.2, 0.25) is 0 Å². The summed E-state index contributed by atoms with van der Waals surface area (Å²) in [4.78, 5) is 30.1. The number of carbonyl (C=O) groups excluding carboxylic acids is 2. The van der Waals surface area contributed by atoms with Crippen molar-refractivity contribution in [3.8, 4) is 5.88 Å². The van der Waals surface area contributed by atoms with Crippen LogP contribution < -0.4 is 10.1 Å². The molecule has 2 aromatic rings. The number of nitrogens with one attached hydrogen (secondary N) is 1. The van der Waals surface area contributed by atoms with E-state index in [0.717, 1.165) is 23.3 Å². The Morgan fingerprint density at radius 3 is 2.63 bits per heavy atom. The molecule has 0 unspecified atom stereocenters. The number of alkyl halides is 3. The number of carbonyl (C=O) groups is 2. The third-order valence-corrected chi connectivity index (χ3v) is 4.73. The summed E-state index contributed by atoms with van der Waals surface area (Å²) in [5.74, 6) is -0.180. The topological polar surface area (TPSA) is 71.5 Å². The van der Waals surface area contributed by atoms with E-state index >= 15 is 0 Å². The van der Waals surface area contributed by atoms with Crippen LogP contribution >= 0.6 is 0 Å². The molecule has 0 bridgehead atoms. The normalized spacial score (nSPS) is 13.8. The van der Waals surface area contributed by atoms with Crippen LogP contribution in [0.1, 0.15) is 22.3 Å². The van der Waals surface area contributed by atoms with Crippen LogP contribution in [-0.4, -0.2) is 41.9 Å². The quantitative estimate of drug-likeness (QED) is 0.757. The van der Waals surface area contributed by atoms with E-state index in [2.05, 4.69) is 10.3 Å². The van der Waals surface area contributed by atoms with Crippen LogP contribution in [0.3, 0.4) is 0 Å². The van der Waals surface area contributed by atoms with E-state index < -0.39 is 17.6 Å². The van der Waals surface area contributed by atoms with E-state index in [4.69, 9.17) is 4.74 Å². The van der Waals surface area contributed by atoms with Crippen LogP contribution in [-0.2, 0) is 28.7 Å². The third-order valence-electron chi connectivity index (χ3n) is 4.73. The Kier molecular flexibility index (Phi) is 6.39. The maximum Gasteiger partial charge on any atom is 0.416 e. The maximum absolute atomic E-state index is 12.6. The largest absolute Gasteiger partial charge is 0.481 e. The van der Waals surface area contributed by atoms with E-state index in [9.17, 15) is 22.8 Å². The summed E-state index contributed by atoms with van der Waals surface area (Å²) >= 11 is 0. The first-order valence-corrected chi connectivity index (χ1v) is 9.19. The fourth-order valence-electron chi connectivity index (χ4n) is 3.14. The van der Waals surface area contributed by atoms with Gasteiger partial charge in [-0.25, -0.2) is 4.98 Å². The average molecular weight is 419 g/mol. The van der Waals surface area contributed by atoms with Gasteiger partial charge in [-0.1, -0.05) is 12.1 Å². The predicted octanol–water partition coefficient (Wildman–Crippen LogP) is 2.82. The zero-order valence-electron chi connectivity index (χ0n) is 16.2. The molecule has 0 fully saturated rings. The second kappa shape index (κ2) is 8.98. The van der Waals surface area contributed by atoms with Gasteiger partial charge in [0.15, 0.2) is 0 Å². The van der Waals surface area contributed by atoms with Crippen molar-refractivity contribution < 1.29 is 27.5 Å². The van der Waals surface area contributed by atoms with Gasteiger partial charge in [0.25, 0.3) is 0 Å². The fourth-order valence-corrected chi connectivity index (χ4v) is 3.14. The number of nitrogens with zero attached hydrogens (tertiary/aromatic N) is 2. The molecule has 1 aromatic heterocycles. The van der Waals surface area contributed by atoms with Gasteiger partial charge >= 0.3 is 6.18 Å². The molecule has 0 saturated carbocycles. The third kappa shape index (κ3) is 5.16. The second-order valence-corrected chi connectivity index (χ2v) is 6.69. The number of amides is 2. The minimum atomic E-state index is -4.41. The number of pyridine rings is 1. The Morgan fingerprint density at radius 1 is 1.23 bits per heavy atom. The number of hydrogen-bond acceptors (Lipinski definition) is 4. The van der Waals surface area contributed by atoms with Crippen molar-refractivity contribution in [2.45, 2.75) is 19.1 Å². The van der Waals surface area contributed by atoms with E-state index in [1.165, 1.54) is 24.3 Å². The van der Waals surface area contributed by atoms with E-state index in [0.29, 0.717) is 31.0 Å². The molecule has 1 aliphatic rings. The lowest BCUT2D eigenvalue weighted by Gasteiger charge is -2.29. The number of hydrogen-bond donors (Lipinski definition) is 1. The molecule has 9 heteroatoms. The van der Waals surface area contributed by atoms with Crippen LogP contribution in [0.5, 0.6) is 5.88 Å². The Morgan fingerprint density at radius 2 is 1.97 bits per heavy atom. The monoisotopic (exact) mass is 419 g/mol. The number of aromatic nitrogens is 1. The van der Waals surface area contributed by atoms with Gasteiger partial charge in [-0.2, -0.15) is 13.2 Å². The molecule has 3 rings (SSSR count). The Balaban J connectivity index is 1.51. The number of rotatable bonds is 5. The van der Waals surface area contributed by atoms with Gasteiger partial charge in [0.05, 0.1) is 19.2 Å². The molecule has 0 saturated heterocycles. The molecular weight excluding hydrogens is 399 g/mol. The van der Waals surface area contributed by atoms with Gasteiger partial charge in [-0.05, 0) is 41.8 Å². The summed E-state index contributed by atoms with van der Waals surface area (Å²) < 4.78 is 42.9. The van der Waals surface area contributed by atoms with E-state index in [1.807, 2.05) is 6.07 Å². The number of methoxy groups -OCH3 is 1. The van der Waals surface area contributed by atoms with Gasteiger partial charge in [-0.3, -0.25) is 9.59 Å². The molecule has 1 aromatic carbocycles. The highest BCUT2D eigenvalue weighted by Crippen LogP contribution is 2.29. The lowest BCUT2D eigenvalue weighted by atomic mass is 10.0. The van der Waals surface area contributed by atoms with Crippen molar-refractivity contribution in [1.82, 2.24) is 15.2 Å². The molecular formula is C21H20F3N3O3. The number of benzene rings is 1. The molecule has 30 heavy (non-hydrogen) atoms. The predicted molar refractivity (Wildman–Crippen MR) is 103 cm³/mol. The zero-order valence-corrected chi connectivity index (χ0v) is 16.2. The van der Waals surface area contributed by atoms with Gasteiger partial charge in [0, 0.05) is 30.9 Å². The van der Waals surface area contributed by atoms with Crippen molar-refractivity contribution in [1.29, 1.82) is 0 Å². The molecule has 1 aliphatic heterocycles. The fraction of sp³-hybridized carbons (Fsp3) is 0.286. The van der Waals surface area contributed by atoms with Gasteiger partial charge < -0.3 is 15.0 Å². The average Bonchev–Trinajstić information content (AvgIpc) is 2.74. The zero-order chi connectivity index (χ0) is 21.7. The smallest absolute Gasteiger partial charge is 0.416 e. The number of fused-ring (bicyclic) bond motifs is 1. The van der Waals surface area contributed by atoms with Crippen LogP contribution in [0.4, 0.5) is 13.2 Å². The first-order valence-electron chi connectivity index (χ1n) is 9.19. The van der Waals surface area contributed by atoms with Crippen molar-refractivity contribution in [3.05, 3.63) is 64.9 Å². The molecule has 0 spiro atoms. The summed E-state index contributed by atoms with van der Waals surface area (Å²) in [6.45, 7) is 0.725. The van der Waals surface area contributed by atoms with E-state index in [-0.39, 0.29) is 12.5 Å². The van der Waals surface area contributed by atoms with Crippen molar-refractivity contribution in [2.75, 3.05) is 20.2 Å². The molecule has 0 aliphatic carbocycles. The molecule has 0 radical (unpaired) electrons. The van der Waals surface area contributed by atoms with Gasteiger partial charge in [0.1, 0.15) is 0 Å². The molecule has 6 nitrogen and oxygen atoms in total. The van der Waals surface area contributed by atoms with Crippen molar-refractivity contribution in [3.63, 3.8) is 0 Å². The van der Waals surface area contributed by atoms with Crippen LogP contribution in [0.15, 0.2) is 42.6 Å². The maximum atomic E-state index is 12.6. The van der Waals surface area contributed by atoms with Crippen LogP contribution in [0, 0.1) is 0 Å². The molecule has 2 amide bonds. The van der Waals surface area contributed by atoms with Crippen LogP contribution in [0.25, 0.3) is 6.08 Å². The SMILES string of the molecule is COc1nccc2c1CCN(C(=O)CNC(=O)/C=C/c1ccc(C(F)(F)F)cc1)C2. The molecule has 1 N–H and O–H groups in total. The van der Waals surface area contributed by atoms with Gasteiger partial charge in [-0.15, -0.1) is 0 Å².